The van der Waals surface area contributed by atoms with E-state index in [1.807, 2.05) is 58.2 Å². The highest BCUT2D eigenvalue weighted by Gasteiger charge is 2.45. The first-order valence-electron chi connectivity index (χ1n) is 6.97. The molecular weight excluding hydrogens is 316 g/mol. The molecule has 1 fully saturated rings. The molecule has 0 spiro atoms. The van der Waals surface area contributed by atoms with Crippen molar-refractivity contribution in [2.75, 3.05) is 0 Å². The second-order valence-corrected chi connectivity index (χ2v) is 7.73. The van der Waals surface area contributed by atoms with Crippen LogP contribution in [0, 0.1) is 0 Å². The lowest BCUT2D eigenvalue weighted by atomic mass is 9.79. The minimum absolute atomic E-state index is 0.198. The molecule has 1 saturated heterocycles. The quantitative estimate of drug-likeness (QED) is 0.743. The van der Waals surface area contributed by atoms with Gasteiger partial charge in [-0.3, -0.25) is 4.99 Å². The van der Waals surface area contributed by atoms with E-state index in [0.717, 1.165) is 22.9 Å². The van der Waals surface area contributed by atoms with E-state index in [9.17, 15) is 5.21 Å². The summed E-state index contributed by atoms with van der Waals surface area (Å²) in [6.45, 7) is 8.01. The number of aliphatic imine (C=N–C) groups is 1. The largest absolute Gasteiger partial charge is 0.289 e. The van der Waals surface area contributed by atoms with Crippen LogP contribution in [0.5, 0.6) is 0 Å². The van der Waals surface area contributed by atoms with Gasteiger partial charge in [-0.05, 0) is 58.2 Å². The minimum atomic E-state index is -0.360. The zero-order valence-corrected chi connectivity index (χ0v) is 14.1. The summed E-state index contributed by atoms with van der Waals surface area (Å²) in [4.78, 5) is 4.71. The molecule has 0 saturated carbocycles. The summed E-state index contributed by atoms with van der Waals surface area (Å²) in [6, 6.07) is 8.28. The molecule has 20 heavy (non-hydrogen) atoms. The molecule has 0 atom stereocenters. The Morgan fingerprint density at radius 1 is 1.25 bits per heavy atom. The lowest BCUT2D eigenvalue weighted by Gasteiger charge is -2.48. The average molecular weight is 338 g/mol. The molecular formula is C16H22BrN2O. The zero-order valence-electron chi connectivity index (χ0n) is 12.6. The Morgan fingerprint density at radius 3 is 2.40 bits per heavy atom. The predicted octanol–water partition coefficient (Wildman–Crippen LogP) is 4.24. The summed E-state index contributed by atoms with van der Waals surface area (Å²) in [5, 5.41) is 13.5. The molecule has 3 nitrogen and oxygen atoms in total. The highest BCUT2D eigenvalue weighted by molar-refractivity contribution is 9.10. The third kappa shape index (κ3) is 3.48. The second-order valence-electron chi connectivity index (χ2n) is 6.81. The van der Waals surface area contributed by atoms with Crippen LogP contribution < -0.4 is 0 Å². The molecule has 1 aliphatic rings. The summed E-state index contributed by atoms with van der Waals surface area (Å²) in [7, 11) is 0. The van der Waals surface area contributed by atoms with Crippen molar-refractivity contribution in [2.45, 2.75) is 57.7 Å². The van der Waals surface area contributed by atoms with E-state index in [2.05, 4.69) is 15.9 Å². The summed E-state index contributed by atoms with van der Waals surface area (Å²) < 4.78 is 1.05. The van der Waals surface area contributed by atoms with Crippen LogP contribution in [0.15, 0.2) is 33.7 Å². The number of hydrogen-bond donors (Lipinski definition) is 0. The molecule has 0 aromatic heterocycles. The van der Waals surface area contributed by atoms with Crippen molar-refractivity contribution in [3.8, 4) is 0 Å². The lowest BCUT2D eigenvalue weighted by molar-refractivity contribution is -0.288. The van der Waals surface area contributed by atoms with E-state index < -0.39 is 0 Å². The van der Waals surface area contributed by atoms with Gasteiger partial charge in [-0.15, -0.1) is 10.3 Å². The Balaban J connectivity index is 2.14. The Bertz CT molecular complexity index is 493. The van der Waals surface area contributed by atoms with Gasteiger partial charge >= 0.3 is 0 Å². The Hall–Kier alpha value is -0.710. The smallest absolute Gasteiger partial charge is 0.0536 e. The lowest BCUT2D eigenvalue weighted by Crippen LogP contribution is -2.59. The Labute approximate surface area is 129 Å². The summed E-state index contributed by atoms with van der Waals surface area (Å²) in [6.07, 6.45) is 3.51. The van der Waals surface area contributed by atoms with Gasteiger partial charge < -0.3 is 0 Å². The van der Waals surface area contributed by atoms with Gasteiger partial charge in [-0.25, -0.2) is 0 Å². The van der Waals surface area contributed by atoms with Crippen molar-refractivity contribution in [3.05, 3.63) is 34.3 Å². The first-order chi connectivity index (χ1) is 9.21. The normalized spacial score (nSPS) is 23.3. The number of hydrogen-bond acceptors (Lipinski definition) is 2. The second kappa shape index (κ2) is 5.58. The third-order valence-electron chi connectivity index (χ3n) is 3.85. The topological polar surface area (TPSA) is 35.5 Å². The Kier molecular flexibility index (Phi) is 4.38. The fourth-order valence-electron chi connectivity index (χ4n) is 3.09. The van der Waals surface area contributed by atoms with Crippen LogP contribution >= 0.6 is 15.9 Å². The highest BCUT2D eigenvalue weighted by Crippen LogP contribution is 2.38. The maximum Gasteiger partial charge on any atom is 0.0536 e. The fraction of sp³-hybridized carbons (Fsp3) is 0.562. The maximum atomic E-state index is 12.3. The highest BCUT2D eigenvalue weighted by atomic mass is 79.9. The van der Waals surface area contributed by atoms with Crippen molar-refractivity contribution < 1.29 is 5.21 Å². The molecule has 0 N–H and O–H groups in total. The zero-order chi connectivity index (χ0) is 15.0. The van der Waals surface area contributed by atoms with Gasteiger partial charge in [-0.1, -0.05) is 28.1 Å². The molecule has 0 bridgehead atoms. The van der Waals surface area contributed by atoms with Crippen molar-refractivity contribution in [3.63, 3.8) is 0 Å². The molecule has 1 aromatic rings. The summed E-state index contributed by atoms with van der Waals surface area (Å²) in [5.74, 6) is 0. The number of hydroxylamine groups is 2. The molecule has 1 heterocycles. The van der Waals surface area contributed by atoms with Crippen LogP contribution in [0.3, 0.4) is 0 Å². The SMILES string of the molecule is CC1(C)CC(N=Cc2cccc(Br)c2)CC(C)(C)N1[O]. The molecule has 0 aliphatic carbocycles. The van der Waals surface area contributed by atoms with Gasteiger partial charge in [0.1, 0.15) is 0 Å². The van der Waals surface area contributed by atoms with Crippen molar-refractivity contribution in [1.29, 1.82) is 0 Å². The molecule has 1 aromatic carbocycles. The standard InChI is InChI=1S/C16H22BrN2O/c1-15(2)9-14(10-16(3,4)19(15)20)18-11-12-6-5-7-13(17)8-12/h5-8,11,14H,9-10H2,1-4H3. The molecule has 0 amide bonds. The first kappa shape index (κ1) is 15.7. The van der Waals surface area contributed by atoms with Gasteiger partial charge in [0, 0.05) is 21.8 Å². The number of rotatable bonds is 2. The summed E-state index contributed by atoms with van der Waals surface area (Å²) in [5.41, 5.74) is 0.363. The van der Waals surface area contributed by atoms with Crippen LogP contribution in [-0.2, 0) is 5.21 Å². The number of nitrogens with zero attached hydrogens (tertiary/aromatic N) is 2. The summed E-state index contributed by atoms with van der Waals surface area (Å²) >= 11 is 3.46. The number of halogens is 1. The fourth-order valence-corrected chi connectivity index (χ4v) is 3.51. The molecule has 0 unspecified atom stereocenters. The molecule has 1 radical (unpaired) electrons. The molecule has 109 valence electrons. The molecule has 2 rings (SSSR count). The number of piperidine rings is 1. The van der Waals surface area contributed by atoms with Gasteiger partial charge in [0.25, 0.3) is 0 Å². The van der Waals surface area contributed by atoms with E-state index in [4.69, 9.17) is 4.99 Å². The van der Waals surface area contributed by atoms with Gasteiger partial charge in [0.05, 0.1) is 6.04 Å². The predicted molar refractivity (Wildman–Crippen MR) is 85.4 cm³/mol. The first-order valence-corrected chi connectivity index (χ1v) is 7.76. The van der Waals surface area contributed by atoms with Gasteiger partial charge in [0.15, 0.2) is 0 Å². The molecule has 4 heteroatoms. The van der Waals surface area contributed by atoms with Crippen LogP contribution in [0.25, 0.3) is 0 Å². The average Bonchev–Trinajstić information content (AvgIpc) is 2.33. The third-order valence-corrected chi connectivity index (χ3v) is 4.35. The van der Waals surface area contributed by atoms with Gasteiger partial charge in [-0.2, -0.15) is 0 Å². The van der Waals surface area contributed by atoms with Crippen molar-refractivity contribution in [1.82, 2.24) is 5.06 Å². The van der Waals surface area contributed by atoms with E-state index >= 15 is 0 Å². The van der Waals surface area contributed by atoms with Crippen LogP contribution in [0.2, 0.25) is 0 Å². The van der Waals surface area contributed by atoms with Crippen LogP contribution in [0.1, 0.15) is 46.1 Å². The van der Waals surface area contributed by atoms with Crippen LogP contribution in [-0.4, -0.2) is 28.4 Å². The van der Waals surface area contributed by atoms with E-state index in [1.165, 1.54) is 5.06 Å². The van der Waals surface area contributed by atoms with Crippen molar-refractivity contribution >= 4 is 22.1 Å². The minimum Gasteiger partial charge on any atom is -0.289 e. The van der Waals surface area contributed by atoms with E-state index in [0.29, 0.717) is 0 Å². The Morgan fingerprint density at radius 2 is 1.85 bits per heavy atom. The maximum absolute atomic E-state index is 12.3. The monoisotopic (exact) mass is 337 g/mol. The molecule has 1 aliphatic heterocycles. The number of benzene rings is 1. The van der Waals surface area contributed by atoms with Crippen LogP contribution in [0.4, 0.5) is 0 Å². The van der Waals surface area contributed by atoms with Crippen molar-refractivity contribution in [2.24, 2.45) is 4.99 Å². The van der Waals surface area contributed by atoms with Gasteiger partial charge in [0.2, 0.25) is 0 Å². The van der Waals surface area contributed by atoms with E-state index in [1.54, 1.807) is 0 Å². The van der Waals surface area contributed by atoms with E-state index in [-0.39, 0.29) is 17.1 Å².